The first-order valence-corrected chi connectivity index (χ1v) is 6.79. The zero-order valence-electron chi connectivity index (χ0n) is 10.7. The molecule has 2 rings (SSSR count). The number of nitrogens with zero attached hydrogens (tertiary/aromatic N) is 3. The number of hydrogen-bond donors (Lipinski definition) is 1. The van der Waals surface area contributed by atoms with Crippen LogP contribution in [-0.4, -0.2) is 26.1 Å². The fourth-order valence-electron chi connectivity index (χ4n) is 1.92. The summed E-state index contributed by atoms with van der Waals surface area (Å²) in [5, 5.41) is 16.9. The van der Waals surface area contributed by atoms with Gasteiger partial charge in [0.25, 0.3) is 0 Å². The number of aryl methyl sites for hydroxylation is 1. The molecule has 1 aromatic heterocycles. The SMILES string of the molecule is CCCc1c(C(=O)O)nnn1-c1cccc(C)c1Br. The number of halogens is 1. The topological polar surface area (TPSA) is 68.0 Å². The Bertz CT molecular complexity index is 622. The van der Waals surface area contributed by atoms with Crippen LogP contribution in [0.4, 0.5) is 0 Å². The number of aromatic carboxylic acids is 1. The highest BCUT2D eigenvalue weighted by Gasteiger charge is 2.20. The van der Waals surface area contributed by atoms with Gasteiger partial charge >= 0.3 is 5.97 Å². The van der Waals surface area contributed by atoms with Crippen LogP contribution in [0, 0.1) is 6.92 Å². The predicted octanol–water partition coefficient (Wildman–Crippen LogP) is 2.99. The summed E-state index contributed by atoms with van der Waals surface area (Å²) in [6.45, 7) is 3.97. The van der Waals surface area contributed by atoms with Crippen LogP contribution in [0.2, 0.25) is 0 Å². The van der Waals surface area contributed by atoms with Gasteiger partial charge in [-0.3, -0.25) is 0 Å². The maximum Gasteiger partial charge on any atom is 0.358 e. The molecule has 0 spiro atoms. The van der Waals surface area contributed by atoms with Crippen LogP contribution in [0.3, 0.4) is 0 Å². The van der Waals surface area contributed by atoms with E-state index in [4.69, 9.17) is 5.11 Å². The van der Waals surface area contributed by atoms with Crippen LogP contribution in [-0.2, 0) is 6.42 Å². The molecule has 0 aliphatic heterocycles. The monoisotopic (exact) mass is 323 g/mol. The summed E-state index contributed by atoms with van der Waals surface area (Å²) in [5.41, 5.74) is 2.52. The van der Waals surface area contributed by atoms with Gasteiger partial charge in [-0.2, -0.15) is 0 Å². The molecular formula is C13H14BrN3O2. The van der Waals surface area contributed by atoms with Crippen LogP contribution < -0.4 is 0 Å². The van der Waals surface area contributed by atoms with E-state index in [2.05, 4.69) is 26.2 Å². The Balaban J connectivity index is 2.62. The van der Waals surface area contributed by atoms with Crippen molar-refractivity contribution in [2.24, 2.45) is 0 Å². The molecule has 6 heteroatoms. The van der Waals surface area contributed by atoms with E-state index in [-0.39, 0.29) is 5.69 Å². The van der Waals surface area contributed by atoms with Gasteiger partial charge in [-0.05, 0) is 40.9 Å². The molecule has 1 heterocycles. The van der Waals surface area contributed by atoms with Gasteiger partial charge < -0.3 is 5.11 Å². The molecule has 0 bridgehead atoms. The number of rotatable bonds is 4. The lowest BCUT2D eigenvalue weighted by molar-refractivity contribution is 0.0689. The molecule has 0 aliphatic carbocycles. The highest BCUT2D eigenvalue weighted by atomic mass is 79.9. The standard InChI is InChI=1S/C13H14BrN3O2/c1-3-5-10-12(13(18)19)15-16-17(10)9-7-4-6-8(2)11(9)14/h4,6-7H,3,5H2,1-2H3,(H,18,19). The lowest BCUT2D eigenvalue weighted by atomic mass is 10.2. The number of carboxylic acids is 1. The first kappa shape index (κ1) is 13.7. The van der Waals surface area contributed by atoms with E-state index in [0.29, 0.717) is 12.1 Å². The summed E-state index contributed by atoms with van der Waals surface area (Å²) in [7, 11) is 0. The Morgan fingerprint density at radius 3 is 2.84 bits per heavy atom. The minimum Gasteiger partial charge on any atom is -0.476 e. The Kier molecular flexibility index (Phi) is 3.99. The molecule has 100 valence electrons. The smallest absolute Gasteiger partial charge is 0.358 e. The second-order valence-electron chi connectivity index (χ2n) is 4.26. The molecule has 0 atom stereocenters. The molecule has 0 fully saturated rings. The predicted molar refractivity (Wildman–Crippen MR) is 74.8 cm³/mol. The maximum absolute atomic E-state index is 11.2. The lowest BCUT2D eigenvalue weighted by Crippen LogP contribution is -2.07. The second-order valence-corrected chi connectivity index (χ2v) is 5.05. The summed E-state index contributed by atoms with van der Waals surface area (Å²) in [6.07, 6.45) is 1.45. The highest BCUT2D eigenvalue weighted by molar-refractivity contribution is 9.10. The number of aromatic nitrogens is 3. The van der Waals surface area contributed by atoms with Crippen molar-refractivity contribution < 1.29 is 9.90 Å². The second kappa shape index (κ2) is 5.52. The number of hydrogen-bond acceptors (Lipinski definition) is 3. The fourth-order valence-corrected chi connectivity index (χ4v) is 2.35. The molecule has 5 nitrogen and oxygen atoms in total. The van der Waals surface area contributed by atoms with Crippen LogP contribution >= 0.6 is 15.9 Å². The molecule has 19 heavy (non-hydrogen) atoms. The summed E-state index contributed by atoms with van der Waals surface area (Å²) in [6, 6.07) is 5.77. The summed E-state index contributed by atoms with van der Waals surface area (Å²) >= 11 is 3.51. The van der Waals surface area contributed by atoms with E-state index in [1.807, 2.05) is 32.0 Å². The zero-order valence-corrected chi connectivity index (χ0v) is 12.3. The molecule has 0 unspecified atom stereocenters. The van der Waals surface area contributed by atoms with Crippen molar-refractivity contribution in [3.63, 3.8) is 0 Å². The Morgan fingerprint density at radius 2 is 2.21 bits per heavy atom. The van der Waals surface area contributed by atoms with Gasteiger partial charge in [-0.1, -0.05) is 30.7 Å². The van der Waals surface area contributed by atoms with Crippen molar-refractivity contribution in [1.29, 1.82) is 0 Å². The molecule has 1 N–H and O–H groups in total. The van der Waals surface area contributed by atoms with Crippen molar-refractivity contribution in [1.82, 2.24) is 15.0 Å². The van der Waals surface area contributed by atoms with Gasteiger partial charge in [-0.25, -0.2) is 9.48 Å². The minimum absolute atomic E-state index is 0.0234. The Hall–Kier alpha value is -1.69. The molecule has 0 radical (unpaired) electrons. The number of benzene rings is 1. The van der Waals surface area contributed by atoms with Crippen molar-refractivity contribution in [2.75, 3.05) is 0 Å². The summed E-state index contributed by atoms with van der Waals surface area (Å²) < 4.78 is 2.50. The third-order valence-electron chi connectivity index (χ3n) is 2.85. The number of carbonyl (C=O) groups is 1. The van der Waals surface area contributed by atoms with Crippen LogP contribution in [0.25, 0.3) is 5.69 Å². The molecule has 1 aromatic carbocycles. The van der Waals surface area contributed by atoms with Crippen molar-refractivity contribution >= 4 is 21.9 Å². The molecule has 2 aromatic rings. The van der Waals surface area contributed by atoms with Gasteiger partial charge in [-0.15, -0.1) is 5.10 Å². The van der Waals surface area contributed by atoms with E-state index in [1.165, 1.54) is 0 Å². The normalized spacial score (nSPS) is 10.7. The van der Waals surface area contributed by atoms with Gasteiger partial charge in [0.2, 0.25) is 0 Å². The van der Waals surface area contributed by atoms with Gasteiger partial charge in [0.1, 0.15) is 0 Å². The highest BCUT2D eigenvalue weighted by Crippen LogP contribution is 2.26. The largest absolute Gasteiger partial charge is 0.476 e. The third-order valence-corrected chi connectivity index (χ3v) is 3.88. The molecule has 0 aliphatic rings. The summed E-state index contributed by atoms with van der Waals surface area (Å²) in [4.78, 5) is 11.2. The van der Waals surface area contributed by atoms with E-state index < -0.39 is 5.97 Å². The zero-order chi connectivity index (χ0) is 14.0. The first-order valence-electron chi connectivity index (χ1n) is 5.99. The van der Waals surface area contributed by atoms with Gasteiger partial charge in [0, 0.05) is 4.47 Å². The fraction of sp³-hybridized carbons (Fsp3) is 0.308. The first-order chi connectivity index (χ1) is 9.06. The molecule has 0 saturated carbocycles. The van der Waals surface area contributed by atoms with Crippen molar-refractivity contribution in [2.45, 2.75) is 26.7 Å². The van der Waals surface area contributed by atoms with Crippen molar-refractivity contribution in [3.8, 4) is 5.69 Å². The summed E-state index contributed by atoms with van der Waals surface area (Å²) in [5.74, 6) is -1.04. The molecule has 0 saturated heterocycles. The van der Waals surface area contributed by atoms with Crippen molar-refractivity contribution in [3.05, 3.63) is 39.6 Å². The van der Waals surface area contributed by atoms with Gasteiger partial charge in [0.15, 0.2) is 5.69 Å². The van der Waals surface area contributed by atoms with Gasteiger partial charge in [0.05, 0.1) is 11.4 Å². The molecule has 0 amide bonds. The van der Waals surface area contributed by atoms with Crippen LogP contribution in [0.15, 0.2) is 22.7 Å². The Labute approximate surface area is 119 Å². The number of carboxylic acid groups (broad SMARTS) is 1. The molecular weight excluding hydrogens is 310 g/mol. The lowest BCUT2D eigenvalue weighted by Gasteiger charge is -2.09. The maximum atomic E-state index is 11.2. The Morgan fingerprint density at radius 1 is 1.47 bits per heavy atom. The minimum atomic E-state index is -1.04. The van der Waals surface area contributed by atoms with E-state index >= 15 is 0 Å². The van der Waals surface area contributed by atoms with Crippen LogP contribution in [0.1, 0.15) is 35.1 Å². The van der Waals surface area contributed by atoms with Crippen LogP contribution in [0.5, 0.6) is 0 Å². The average Bonchev–Trinajstić information content (AvgIpc) is 2.77. The third kappa shape index (κ3) is 2.53. The van der Waals surface area contributed by atoms with E-state index in [9.17, 15) is 4.79 Å². The quantitative estimate of drug-likeness (QED) is 0.939. The van der Waals surface area contributed by atoms with E-state index in [0.717, 1.165) is 22.1 Å². The van der Waals surface area contributed by atoms with E-state index in [1.54, 1.807) is 4.68 Å². The average molecular weight is 324 g/mol.